The number of fused-ring (bicyclic) bond motifs is 1. The van der Waals surface area contributed by atoms with Crippen LogP contribution in [-0.4, -0.2) is 5.97 Å². The lowest BCUT2D eigenvalue weighted by Gasteiger charge is -2.09. The molecule has 88 valence electrons. The molecule has 0 aromatic heterocycles. The van der Waals surface area contributed by atoms with Crippen LogP contribution in [-0.2, 0) is 11.2 Å². The number of carbonyl (C=O) groups excluding carboxylic acids is 1. The number of rotatable bonds is 2. The third-order valence-corrected chi connectivity index (χ3v) is 3.09. The first kappa shape index (κ1) is 12.1. The van der Waals surface area contributed by atoms with Gasteiger partial charge in [0.25, 0.3) is 0 Å². The highest BCUT2D eigenvalue weighted by Crippen LogP contribution is 2.30. The summed E-state index contributed by atoms with van der Waals surface area (Å²) in [5, 5.41) is 2.04. The maximum Gasteiger partial charge on any atom is 0.308 e. The van der Waals surface area contributed by atoms with Crippen molar-refractivity contribution in [2.24, 2.45) is 0 Å². The third kappa shape index (κ3) is 2.67. The van der Waals surface area contributed by atoms with Gasteiger partial charge in [-0.25, -0.2) is 0 Å². The monoisotopic (exact) mass is 292 g/mol. The second-order valence-electron chi connectivity index (χ2n) is 3.91. The van der Waals surface area contributed by atoms with Crippen LogP contribution >= 0.6 is 15.9 Å². The van der Waals surface area contributed by atoms with E-state index >= 15 is 0 Å². The van der Waals surface area contributed by atoms with Crippen molar-refractivity contribution in [1.29, 1.82) is 0 Å². The van der Waals surface area contributed by atoms with Crippen molar-refractivity contribution >= 4 is 32.7 Å². The van der Waals surface area contributed by atoms with Crippen LogP contribution in [0.15, 0.2) is 34.8 Å². The van der Waals surface area contributed by atoms with E-state index in [1.807, 2.05) is 24.3 Å². The Morgan fingerprint density at radius 1 is 1.29 bits per heavy atom. The molecule has 17 heavy (non-hydrogen) atoms. The van der Waals surface area contributed by atoms with Gasteiger partial charge >= 0.3 is 5.97 Å². The fourth-order valence-corrected chi connectivity index (χ4v) is 2.16. The van der Waals surface area contributed by atoms with E-state index in [4.69, 9.17) is 4.74 Å². The fourth-order valence-electron chi connectivity index (χ4n) is 1.80. The molecule has 0 saturated heterocycles. The Bertz CT molecular complexity index is 576. The molecule has 0 atom stereocenters. The number of hydrogen-bond donors (Lipinski definition) is 0. The Labute approximate surface area is 109 Å². The summed E-state index contributed by atoms with van der Waals surface area (Å²) in [5.74, 6) is 0.340. The van der Waals surface area contributed by atoms with E-state index < -0.39 is 0 Å². The Hall–Kier alpha value is -1.35. The lowest BCUT2D eigenvalue weighted by Crippen LogP contribution is -2.02. The molecule has 2 aromatic rings. The van der Waals surface area contributed by atoms with Gasteiger partial charge in [0.1, 0.15) is 5.75 Å². The number of esters is 1. The first-order valence-electron chi connectivity index (χ1n) is 5.50. The molecule has 0 spiro atoms. The highest BCUT2D eigenvalue weighted by atomic mass is 79.9. The predicted molar refractivity (Wildman–Crippen MR) is 72.3 cm³/mol. The van der Waals surface area contributed by atoms with Crippen LogP contribution in [0.1, 0.15) is 19.4 Å². The molecule has 0 aliphatic carbocycles. The van der Waals surface area contributed by atoms with E-state index in [9.17, 15) is 4.79 Å². The van der Waals surface area contributed by atoms with Crippen LogP contribution in [0.4, 0.5) is 0 Å². The van der Waals surface area contributed by atoms with Gasteiger partial charge in [0.2, 0.25) is 0 Å². The van der Waals surface area contributed by atoms with Crippen molar-refractivity contribution in [3.63, 3.8) is 0 Å². The first-order chi connectivity index (χ1) is 8.10. The van der Waals surface area contributed by atoms with E-state index in [0.717, 1.165) is 27.2 Å². The zero-order valence-electron chi connectivity index (χ0n) is 9.79. The van der Waals surface area contributed by atoms with Gasteiger partial charge < -0.3 is 4.74 Å². The van der Waals surface area contributed by atoms with Crippen molar-refractivity contribution < 1.29 is 9.53 Å². The molecule has 2 rings (SSSR count). The van der Waals surface area contributed by atoms with Crippen molar-refractivity contribution in [3.05, 3.63) is 40.4 Å². The second-order valence-corrected chi connectivity index (χ2v) is 4.82. The van der Waals surface area contributed by atoms with E-state index in [1.165, 1.54) is 6.92 Å². The van der Waals surface area contributed by atoms with Crippen LogP contribution in [0, 0.1) is 0 Å². The summed E-state index contributed by atoms with van der Waals surface area (Å²) in [6, 6.07) is 10.0. The molecule has 2 aromatic carbocycles. The normalized spacial score (nSPS) is 10.5. The van der Waals surface area contributed by atoms with Crippen molar-refractivity contribution in [2.45, 2.75) is 20.3 Å². The highest BCUT2D eigenvalue weighted by Gasteiger charge is 2.07. The number of halogens is 1. The average molecular weight is 293 g/mol. The lowest BCUT2D eigenvalue weighted by molar-refractivity contribution is -0.131. The lowest BCUT2D eigenvalue weighted by atomic mass is 10.0. The molecule has 0 fully saturated rings. The number of carbonyl (C=O) groups is 1. The molecule has 3 heteroatoms. The van der Waals surface area contributed by atoms with Gasteiger partial charge in [0.05, 0.1) is 0 Å². The molecule has 0 bridgehead atoms. The average Bonchev–Trinajstić information content (AvgIpc) is 2.28. The zero-order chi connectivity index (χ0) is 12.4. The quantitative estimate of drug-likeness (QED) is 0.616. The number of benzene rings is 2. The van der Waals surface area contributed by atoms with Crippen LogP contribution in [0.2, 0.25) is 0 Å². The first-order valence-corrected chi connectivity index (χ1v) is 6.30. The maximum absolute atomic E-state index is 11.1. The summed E-state index contributed by atoms with van der Waals surface area (Å²) in [4.78, 5) is 11.1. The molecule has 0 amide bonds. The number of ether oxygens (including phenoxy) is 1. The highest BCUT2D eigenvalue weighted by molar-refractivity contribution is 9.10. The van der Waals surface area contributed by atoms with Crippen LogP contribution in [0.5, 0.6) is 5.75 Å². The minimum atomic E-state index is -0.292. The predicted octanol–water partition coefficient (Wildman–Crippen LogP) is 4.09. The van der Waals surface area contributed by atoms with Gasteiger partial charge in [-0.3, -0.25) is 4.79 Å². The minimum absolute atomic E-state index is 0.292. The van der Waals surface area contributed by atoms with Crippen LogP contribution < -0.4 is 4.74 Å². The van der Waals surface area contributed by atoms with Crippen molar-refractivity contribution in [3.8, 4) is 5.75 Å². The number of aryl methyl sites for hydroxylation is 1. The van der Waals surface area contributed by atoms with Gasteiger partial charge in [-0.05, 0) is 35.6 Å². The molecule has 0 radical (unpaired) electrons. The largest absolute Gasteiger partial charge is 0.426 e. The van der Waals surface area contributed by atoms with Crippen LogP contribution in [0.3, 0.4) is 0 Å². The molecular formula is C14H13BrO2. The fraction of sp³-hybridized carbons (Fsp3) is 0.214. The smallest absolute Gasteiger partial charge is 0.308 e. The van der Waals surface area contributed by atoms with Gasteiger partial charge in [0, 0.05) is 16.8 Å². The Morgan fingerprint density at radius 3 is 2.71 bits per heavy atom. The Morgan fingerprint density at radius 2 is 2.06 bits per heavy atom. The van der Waals surface area contributed by atoms with E-state index in [-0.39, 0.29) is 5.97 Å². The van der Waals surface area contributed by atoms with Crippen molar-refractivity contribution in [1.82, 2.24) is 0 Å². The van der Waals surface area contributed by atoms with Crippen molar-refractivity contribution in [2.75, 3.05) is 0 Å². The molecule has 0 aliphatic rings. The summed E-state index contributed by atoms with van der Waals surface area (Å²) in [5.41, 5.74) is 1.16. The van der Waals surface area contributed by atoms with Gasteiger partial charge in [-0.15, -0.1) is 0 Å². The number of hydrogen-bond acceptors (Lipinski definition) is 2. The van der Waals surface area contributed by atoms with E-state index in [1.54, 1.807) is 0 Å². The second kappa shape index (κ2) is 4.88. The minimum Gasteiger partial charge on any atom is -0.426 e. The summed E-state index contributed by atoms with van der Waals surface area (Å²) < 4.78 is 6.24. The topological polar surface area (TPSA) is 26.3 Å². The third-order valence-electron chi connectivity index (χ3n) is 2.60. The van der Waals surface area contributed by atoms with E-state index in [0.29, 0.717) is 5.75 Å². The standard InChI is InChI=1S/C14H13BrO2/c1-3-10-6-11-4-5-12(15)8-13(11)14(7-10)17-9(2)16/h4-8H,3H2,1-2H3. The molecule has 0 unspecified atom stereocenters. The van der Waals surface area contributed by atoms with Crippen LogP contribution in [0.25, 0.3) is 10.8 Å². The molecule has 0 heterocycles. The van der Waals surface area contributed by atoms with Gasteiger partial charge in [-0.1, -0.05) is 35.0 Å². The summed E-state index contributed by atoms with van der Waals surface area (Å²) >= 11 is 3.43. The summed E-state index contributed by atoms with van der Waals surface area (Å²) in [6.07, 6.45) is 0.917. The molecule has 2 nitrogen and oxygen atoms in total. The molecular weight excluding hydrogens is 280 g/mol. The Balaban J connectivity index is 2.67. The summed E-state index contributed by atoms with van der Waals surface area (Å²) in [6.45, 7) is 3.50. The maximum atomic E-state index is 11.1. The summed E-state index contributed by atoms with van der Waals surface area (Å²) in [7, 11) is 0. The SMILES string of the molecule is CCc1cc(OC(C)=O)c2cc(Br)ccc2c1. The molecule has 0 saturated carbocycles. The molecule has 0 N–H and O–H groups in total. The van der Waals surface area contributed by atoms with Gasteiger partial charge in [-0.2, -0.15) is 0 Å². The van der Waals surface area contributed by atoms with Gasteiger partial charge in [0.15, 0.2) is 0 Å². The zero-order valence-corrected chi connectivity index (χ0v) is 11.4. The van der Waals surface area contributed by atoms with E-state index in [2.05, 4.69) is 28.9 Å². The Kier molecular flexibility index (Phi) is 3.48. The molecule has 0 aliphatic heterocycles.